The fourth-order valence-electron chi connectivity index (χ4n) is 4.87. The van der Waals surface area contributed by atoms with Gasteiger partial charge in [0.1, 0.15) is 0 Å². The monoisotopic (exact) mass is 425 g/mol. The molecular weight excluding hydrogens is 390 g/mol. The molecule has 2 fully saturated rings. The number of hydrogen-bond donors (Lipinski definition) is 1. The van der Waals surface area contributed by atoms with Crippen molar-refractivity contribution in [2.45, 2.75) is 38.5 Å². The average molecular weight is 426 g/mol. The van der Waals surface area contributed by atoms with Crippen molar-refractivity contribution in [3.63, 3.8) is 0 Å². The molecular formula is C24H35N5O2. The van der Waals surface area contributed by atoms with Gasteiger partial charge in [-0.3, -0.25) is 19.4 Å². The van der Waals surface area contributed by atoms with E-state index in [9.17, 15) is 4.79 Å². The van der Waals surface area contributed by atoms with Gasteiger partial charge in [0.05, 0.1) is 18.9 Å². The van der Waals surface area contributed by atoms with E-state index in [4.69, 9.17) is 9.84 Å². The summed E-state index contributed by atoms with van der Waals surface area (Å²) >= 11 is 0. The second kappa shape index (κ2) is 10.4. The van der Waals surface area contributed by atoms with Crippen LogP contribution in [0.3, 0.4) is 0 Å². The van der Waals surface area contributed by atoms with Gasteiger partial charge in [-0.25, -0.2) is 0 Å². The zero-order valence-corrected chi connectivity index (χ0v) is 18.8. The summed E-state index contributed by atoms with van der Waals surface area (Å²) in [5, 5.41) is 8.02. The normalized spacial score (nSPS) is 23.4. The Morgan fingerprint density at radius 1 is 1.19 bits per heavy atom. The lowest BCUT2D eigenvalue weighted by Crippen LogP contribution is -2.43. The van der Waals surface area contributed by atoms with Crippen molar-refractivity contribution in [1.29, 1.82) is 0 Å². The van der Waals surface area contributed by atoms with Crippen molar-refractivity contribution in [1.82, 2.24) is 25.0 Å². The molecule has 4 rings (SSSR count). The number of hydrogen-bond acceptors (Lipinski definition) is 5. The molecule has 1 amide bonds. The number of amides is 1. The summed E-state index contributed by atoms with van der Waals surface area (Å²) in [4.78, 5) is 19.0. The van der Waals surface area contributed by atoms with Crippen LogP contribution in [-0.4, -0.2) is 65.0 Å². The molecule has 7 nitrogen and oxygen atoms in total. The molecule has 2 aliphatic rings. The van der Waals surface area contributed by atoms with Crippen LogP contribution in [-0.2, 0) is 16.6 Å². The quantitative estimate of drug-likeness (QED) is 0.739. The van der Waals surface area contributed by atoms with Crippen LogP contribution in [0.1, 0.15) is 44.2 Å². The molecule has 1 aliphatic heterocycles. The number of carbonyl (C=O) groups is 1. The van der Waals surface area contributed by atoms with Crippen molar-refractivity contribution in [2.24, 2.45) is 18.9 Å². The van der Waals surface area contributed by atoms with Gasteiger partial charge in [0, 0.05) is 69.2 Å². The van der Waals surface area contributed by atoms with Crippen LogP contribution >= 0.6 is 0 Å². The van der Waals surface area contributed by atoms with Crippen LogP contribution in [0.25, 0.3) is 11.1 Å². The van der Waals surface area contributed by atoms with Crippen LogP contribution in [0.2, 0.25) is 0 Å². The fraction of sp³-hybridized carbons (Fsp3) is 0.625. The van der Waals surface area contributed by atoms with E-state index in [1.807, 2.05) is 31.0 Å². The van der Waals surface area contributed by atoms with Crippen molar-refractivity contribution in [3.8, 4) is 11.1 Å². The predicted octanol–water partition coefficient (Wildman–Crippen LogP) is 2.84. The fourth-order valence-corrected chi connectivity index (χ4v) is 4.87. The lowest BCUT2D eigenvalue weighted by Gasteiger charge is -2.30. The number of morpholine rings is 1. The smallest absolute Gasteiger partial charge is 0.224 e. The second-order valence-electron chi connectivity index (χ2n) is 9.11. The van der Waals surface area contributed by atoms with E-state index in [1.54, 1.807) is 0 Å². The molecule has 0 aromatic carbocycles. The van der Waals surface area contributed by atoms with Gasteiger partial charge in [0.25, 0.3) is 0 Å². The summed E-state index contributed by atoms with van der Waals surface area (Å²) in [6.45, 7) is 7.04. The number of ether oxygens (including phenoxy) is 1. The minimum absolute atomic E-state index is 0.0193. The first-order valence-corrected chi connectivity index (χ1v) is 11.6. The molecule has 1 atom stereocenters. The topological polar surface area (TPSA) is 72.3 Å². The first kappa shape index (κ1) is 22.0. The Labute approximate surface area is 185 Å². The van der Waals surface area contributed by atoms with Crippen molar-refractivity contribution in [2.75, 3.05) is 39.4 Å². The summed E-state index contributed by atoms with van der Waals surface area (Å²) in [5.41, 5.74) is 3.61. The highest BCUT2D eigenvalue weighted by Gasteiger charge is 2.27. The Hall–Kier alpha value is -2.25. The Kier molecular flexibility index (Phi) is 7.35. The number of nitrogens with one attached hydrogen (secondary N) is 1. The highest BCUT2D eigenvalue weighted by Crippen LogP contribution is 2.39. The van der Waals surface area contributed by atoms with Gasteiger partial charge in [-0.05, 0) is 49.3 Å². The largest absolute Gasteiger partial charge is 0.379 e. The minimum Gasteiger partial charge on any atom is -0.379 e. The molecule has 0 radical (unpaired) electrons. The lowest BCUT2D eigenvalue weighted by atomic mass is 9.79. The Balaban J connectivity index is 1.25. The van der Waals surface area contributed by atoms with E-state index in [1.165, 1.54) is 16.8 Å². The number of aryl methyl sites for hydroxylation is 1. The lowest BCUT2D eigenvalue weighted by molar-refractivity contribution is -0.125. The standard InChI is InChI=1S/C24H35N5O2/c1-18(16-29-11-13-31-14-12-29)24(30)26-15-19-3-5-21(6-4-19)23-22(17-28(2)27-23)20-7-9-25-10-8-20/h7-10,17-19,21H,3-6,11-16H2,1-2H3,(H,26,30). The highest BCUT2D eigenvalue weighted by molar-refractivity contribution is 5.78. The molecule has 0 spiro atoms. The molecule has 0 bridgehead atoms. The molecule has 2 aromatic heterocycles. The van der Waals surface area contributed by atoms with E-state index in [0.717, 1.165) is 65.1 Å². The number of pyridine rings is 1. The van der Waals surface area contributed by atoms with Gasteiger partial charge in [0.15, 0.2) is 0 Å². The molecule has 3 heterocycles. The number of nitrogens with zero attached hydrogens (tertiary/aromatic N) is 4. The predicted molar refractivity (Wildman–Crippen MR) is 121 cm³/mol. The Bertz CT molecular complexity index is 839. The zero-order chi connectivity index (χ0) is 21.6. The van der Waals surface area contributed by atoms with E-state index in [-0.39, 0.29) is 11.8 Å². The molecule has 1 saturated carbocycles. The van der Waals surface area contributed by atoms with Crippen LogP contribution in [0.5, 0.6) is 0 Å². The molecule has 1 unspecified atom stereocenters. The van der Waals surface area contributed by atoms with Crippen molar-refractivity contribution < 1.29 is 9.53 Å². The van der Waals surface area contributed by atoms with Gasteiger partial charge in [-0.1, -0.05) is 6.92 Å². The maximum Gasteiger partial charge on any atom is 0.224 e. The van der Waals surface area contributed by atoms with Crippen molar-refractivity contribution >= 4 is 5.91 Å². The maximum atomic E-state index is 12.6. The molecule has 7 heteroatoms. The van der Waals surface area contributed by atoms with E-state index < -0.39 is 0 Å². The third-order valence-electron chi connectivity index (χ3n) is 6.73. The summed E-state index contributed by atoms with van der Waals surface area (Å²) in [7, 11) is 1.99. The third-order valence-corrected chi connectivity index (χ3v) is 6.73. The zero-order valence-electron chi connectivity index (χ0n) is 18.8. The van der Waals surface area contributed by atoms with Crippen LogP contribution in [0, 0.1) is 11.8 Å². The maximum absolute atomic E-state index is 12.6. The van der Waals surface area contributed by atoms with Gasteiger partial charge in [-0.15, -0.1) is 0 Å². The Morgan fingerprint density at radius 3 is 2.61 bits per heavy atom. The number of rotatable bonds is 7. The third kappa shape index (κ3) is 5.71. The van der Waals surface area contributed by atoms with Crippen LogP contribution in [0.4, 0.5) is 0 Å². The molecule has 168 valence electrons. The first-order chi connectivity index (χ1) is 15.1. The highest BCUT2D eigenvalue weighted by atomic mass is 16.5. The minimum atomic E-state index is 0.0193. The average Bonchev–Trinajstić information content (AvgIpc) is 3.20. The number of aromatic nitrogens is 3. The molecule has 1 saturated heterocycles. The first-order valence-electron chi connectivity index (χ1n) is 11.6. The second-order valence-corrected chi connectivity index (χ2v) is 9.11. The number of carbonyl (C=O) groups excluding carboxylic acids is 1. The molecule has 1 N–H and O–H groups in total. The van der Waals surface area contributed by atoms with E-state index in [0.29, 0.717) is 11.8 Å². The van der Waals surface area contributed by atoms with Gasteiger partial charge < -0.3 is 10.1 Å². The van der Waals surface area contributed by atoms with Gasteiger partial charge in [-0.2, -0.15) is 5.10 Å². The molecule has 1 aliphatic carbocycles. The Morgan fingerprint density at radius 2 is 1.90 bits per heavy atom. The summed E-state index contributed by atoms with van der Waals surface area (Å²) in [5.74, 6) is 1.24. The van der Waals surface area contributed by atoms with Gasteiger partial charge in [0.2, 0.25) is 5.91 Å². The molecule has 31 heavy (non-hydrogen) atoms. The van der Waals surface area contributed by atoms with Crippen LogP contribution in [0.15, 0.2) is 30.7 Å². The SMILES string of the molecule is CC(CN1CCOCC1)C(=O)NCC1CCC(c2nn(C)cc2-c2ccncc2)CC1. The van der Waals surface area contributed by atoms with E-state index in [2.05, 4.69) is 33.5 Å². The summed E-state index contributed by atoms with van der Waals surface area (Å²) in [6.07, 6.45) is 10.3. The van der Waals surface area contributed by atoms with Gasteiger partial charge >= 0.3 is 0 Å². The van der Waals surface area contributed by atoms with Crippen molar-refractivity contribution in [3.05, 3.63) is 36.4 Å². The molecule has 2 aromatic rings. The van der Waals surface area contributed by atoms with Crippen LogP contribution < -0.4 is 5.32 Å². The van der Waals surface area contributed by atoms with E-state index >= 15 is 0 Å². The summed E-state index contributed by atoms with van der Waals surface area (Å²) < 4.78 is 7.32. The summed E-state index contributed by atoms with van der Waals surface area (Å²) in [6, 6.07) is 4.11.